The molecule has 0 bridgehead atoms. The lowest BCUT2D eigenvalue weighted by molar-refractivity contribution is -0.386. The van der Waals surface area contributed by atoms with E-state index in [2.05, 4.69) is 31.1 Å². The zero-order valence-electron chi connectivity index (χ0n) is 12.2. The summed E-state index contributed by atoms with van der Waals surface area (Å²) in [6, 6.07) is 1.57. The first kappa shape index (κ1) is 16.9. The summed E-state index contributed by atoms with van der Waals surface area (Å²) in [4.78, 5) is 14.8. The fourth-order valence-electron chi connectivity index (χ4n) is 2.16. The molecular weight excluding hydrogens is 278 g/mol. The van der Waals surface area contributed by atoms with Crippen molar-refractivity contribution in [2.24, 2.45) is 5.92 Å². The normalized spacial score (nSPS) is 12.7. The predicted molar refractivity (Wildman–Crippen MR) is 81.1 cm³/mol. The number of nitrogens with zero attached hydrogens (tertiary/aromatic N) is 2. The molecule has 112 valence electrons. The number of hydrogen-bond donors (Lipinski definition) is 1. The van der Waals surface area contributed by atoms with Crippen molar-refractivity contribution in [3.05, 3.63) is 33.1 Å². The Morgan fingerprint density at radius 3 is 2.75 bits per heavy atom. The van der Waals surface area contributed by atoms with Gasteiger partial charge in [-0.3, -0.25) is 15.1 Å². The molecule has 1 unspecified atom stereocenters. The van der Waals surface area contributed by atoms with Crippen molar-refractivity contribution in [1.29, 1.82) is 0 Å². The topological polar surface area (TPSA) is 68.1 Å². The van der Waals surface area contributed by atoms with E-state index >= 15 is 0 Å². The fraction of sp³-hybridized carbons (Fsp3) is 0.643. The summed E-state index contributed by atoms with van der Waals surface area (Å²) in [5.41, 5.74) is 0.498. The number of nitro groups is 1. The Labute approximate surface area is 124 Å². The first-order valence-corrected chi connectivity index (χ1v) is 7.34. The van der Waals surface area contributed by atoms with Gasteiger partial charge in [0, 0.05) is 24.7 Å². The molecule has 5 nitrogen and oxygen atoms in total. The first-order valence-electron chi connectivity index (χ1n) is 6.96. The first-order chi connectivity index (χ1) is 9.43. The van der Waals surface area contributed by atoms with Crippen LogP contribution < -0.4 is 5.32 Å². The molecule has 0 aliphatic carbocycles. The highest BCUT2D eigenvalue weighted by Gasteiger charge is 2.20. The summed E-state index contributed by atoms with van der Waals surface area (Å²) >= 11 is 5.78. The SMILES string of the molecule is CCCNC(Cc1ncc(Cl)cc1[N+](=O)[O-])CC(C)C. The Morgan fingerprint density at radius 1 is 1.50 bits per heavy atom. The molecule has 0 aliphatic rings. The summed E-state index contributed by atoms with van der Waals surface area (Å²) in [5.74, 6) is 0.524. The van der Waals surface area contributed by atoms with E-state index in [0.717, 1.165) is 19.4 Å². The number of aromatic nitrogens is 1. The van der Waals surface area contributed by atoms with Crippen LogP contribution in [0.3, 0.4) is 0 Å². The smallest absolute Gasteiger partial charge is 0.292 e. The van der Waals surface area contributed by atoms with E-state index in [1.807, 2.05) is 0 Å². The number of nitrogens with one attached hydrogen (secondary N) is 1. The number of hydrogen-bond acceptors (Lipinski definition) is 4. The van der Waals surface area contributed by atoms with Gasteiger partial charge in [-0.25, -0.2) is 0 Å². The van der Waals surface area contributed by atoms with Gasteiger partial charge in [-0.2, -0.15) is 0 Å². The van der Waals surface area contributed by atoms with E-state index in [1.165, 1.54) is 12.3 Å². The number of halogens is 1. The standard InChI is InChI=1S/C14H22ClN3O2/c1-4-5-16-12(6-10(2)3)8-13-14(18(19)20)7-11(15)9-17-13/h7,9-10,12,16H,4-6,8H2,1-3H3. The van der Waals surface area contributed by atoms with Gasteiger partial charge in [-0.15, -0.1) is 0 Å². The van der Waals surface area contributed by atoms with Crippen LogP contribution in [0.5, 0.6) is 0 Å². The van der Waals surface area contributed by atoms with Crippen molar-refractivity contribution in [2.75, 3.05) is 6.54 Å². The van der Waals surface area contributed by atoms with E-state index in [1.54, 1.807) is 0 Å². The van der Waals surface area contributed by atoms with Crippen LogP contribution in [0.4, 0.5) is 5.69 Å². The predicted octanol–water partition coefficient (Wildman–Crippen LogP) is 3.60. The molecule has 0 fully saturated rings. The summed E-state index contributed by atoms with van der Waals surface area (Å²) in [6.45, 7) is 7.29. The maximum atomic E-state index is 11.1. The van der Waals surface area contributed by atoms with Crippen LogP contribution in [0.1, 0.15) is 39.3 Å². The zero-order valence-corrected chi connectivity index (χ0v) is 13.0. The van der Waals surface area contributed by atoms with Crippen LogP contribution in [0.15, 0.2) is 12.3 Å². The second kappa shape index (κ2) is 8.17. The van der Waals surface area contributed by atoms with Crippen LogP contribution >= 0.6 is 11.6 Å². The minimum atomic E-state index is -0.416. The molecule has 1 aromatic heterocycles. The average molecular weight is 300 g/mol. The second-order valence-corrected chi connectivity index (χ2v) is 5.80. The van der Waals surface area contributed by atoms with Gasteiger partial charge in [-0.1, -0.05) is 32.4 Å². The lowest BCUT2D eigenvalue weighted by Gasteiger charge is -2.20. The van der Waals surface area contributed by atoms with Gasteiger partial charge in [0.2, 0.25) is 0 Å². The summed E-state index contributed by atoms with van der Waals surface area (Å²) in [7, 11) is 0. The summed E-state index contributed by atoms with van der Waals surface area (Å²) in [5, 5.41) is 14.8. The molecule has 0 spiro atoms. The monoisotopic (exact) mass is 299 g/mol. The third kappa shape index (κ3) is 5.43. The second-order valence-electron chi connectivity index (χ2n) is 5.36. The molecule has 6 heteroatoms. The van der Waals surface area contributed by atoms with Crippen LogP contribution in [-0.2, 0) is 6.42 Å². The average Bonchev–Trinajstić information content (AvgIpc) is 2.37. The minimum absolute atomic E-state index is 0.00422. The molecule has 0 saturated heterocycles. The fourth-order valence-corrected chi connectivity index (χ4v) is 2.31. The van der Waals surface area contributed by atoms with Gasteiger partial charge >= 0.3 is 0 Å². The maximum Gasteiger partial charge on any atom is 0.292 e. The van der Waals surface area contributed by atoms with Crippen molar-refractivity contribution < 1.29 is 4.92 Å². The lowest BCUT2D eigenvalue weighted by Crippen LogP contribution is -2.33. The molecule has 0 radical (unpaired) electrons. The molecule has 20 heavy (non-hydrogen) atoms. The molecule has 1 heterocycles. The van der Waals surface area contributed by atoms with Gasteiger partial charge in [0.15, 0.2) is 0 Å². The Morgan fingerprint density at radius 2 is 2.20 bits per heavy atom. The van der Waals surface area contributed by atoms with Crippen molar-refractivity contribution in [3.63, 3.8) is 0 Å². The number of pyridine rings is 1. The molecule has 1 aromatic rings. The Bertz CT molecular complexity index is 452. The maximum absolute atomic E-state index is 11.1. The van der Waals surface area contributed by atoms with Crippen LogP contribution in [0.2, 0.25) is 5.02 Å². The van der Waals surface area contributed by atoms with Crippen molar-refractivity contribution in [3.8, 4) is 0 Å². The molecule has 0 saturated carbocycles. The highest BCUT2D eigenvalue weighted by molar-refractivity contribution is 6.30. The highest BCUT2D eigenvalue weighted by atomic mass is 35.5. The highest BCUT2D eigenvalue weighted by Crippen LogP contribution is 2.23. The van der Waals surface area contributed by atoms with Crippen LogP contribution in [0, 0.1) is 16.0 Å². The summed E-state index contributed by atoms with van der Waals surface area (Å²) < 4.78 is 0. The molecule has 1 atom stereocenters. The largest absolute Gasteiger partial charge is 0.314 e. The Hall–Kier alpha value is -1.20. The van der Waals surface area contributed by atoms with Crippen LogP contribution in [0.25, 0.3) is 0 Å². The summed E-state index contributed by atoms with van der Waals surface area (Å²) in [6.07, 6.45) is 4.01. The van der Waals surface area contributed by atoms with Gasteiger partial charge < -0.3 is 5.32 Å². The van der Waals surface area contributed by atoms with E-state index in [9.17, 15) is 10.1 Å². The van der Waals surface area contributed by atoms with Gasteiger partial charge in [0.25, 0.3) is 5.69 Å². The van der Waals surface area contributed by atoms with E-state index < -0.39 is 4.92 Å². The zero-order chi connectivity index (χ0) is 15.1. The third-order valence-electron chi connectivity index (χ3n) is 2.99. The van der Waals surface area contributed by atoms with Gasteiger partial charge in [0.1, 0.15) is 5.69 Å². The molecule has 0 amide bonds. The van der Waals surface area contributed by atoms with Crippen molar-refractivity contribution in [1.82, 2.24) is 10.3 Å². The van der Waals surface area contributed by atoms with E-state index in [4.69, 9.17) is 11.6 Å². The van der Waals surface area contributed by atoms with Crippen LogP contribution in [-0.4, -0.2) is 22.5 Å². The minimum Gasteiger partial charge on any atom is -0.314 e. The molecule has 1 rings (SSSR count). The Balaban J connectivity index is 2.88. The lowest BCUT2D eigenvalue weighted by atomic mass is 9.99. The molecule has 1 N–H and O–H groups in total. The quantitative estimate of drug-likeness (QED) is 0.588. The van der Waals surface area contributed by atoms with E-state index in [0.29, 0.717) is 23.1 Å². The Kier molecular flexibility index (Phi) is 6.88. The van der Waals surface area contributed by atoms with Gasteiger partial charge in [0.05, 0.1) is 9.95 Å². The van der Waals surface area contributed by atoms with Crippen molar-refractivity contribution >= 4 is 17.3 Å². The number of rotatable bonds is 8. The van der Waals surface area contributed by atoms with E-state index in [-0.39, 0.29) is 11.7 Å². The molecular formula is C14H22ClN3O2. The third-order valence-corrected chi connectivity index (χ3v) is 3.20. The van der Waals surface area contributed by atoms with Gasteiger partial charge in [-0.05, 0) is 25.3 Å². The molecule has 0 aromatic carbocycles. The van der Waals surface area contributed by atoms with Crippen molar-refractivity contribution in [2.45, 2.75) is 46.1 Å². The molecule has 0 aliphatic heterocycles.